The predicted octanol–water partition coefficient (Wildman–Crippen LogP) is 4.78. The van der Waals surface area contributed by atoms with E-state index in [1.807, 2.05) is 42.5 Å². The van der Waals surface area contributed by atoms with E-state index in [4.69, 9.17) is 20.9 Å². The van der Waals surface area contributed by atoms with Gasteiger partial charge in [-0.05, 0) is 23.1 Å². The van der Waals surface area contributed by atoms with E-state index in [1.54, 1.807) is 13.3 Å². The molecule has 2 aromatic heterocycles. The molecule has 0 bridgehead atoms. The van der Waals surface area contributed by atoms with Crippen LogP contribution in [-0.4, -0.2) is 27.5 Å². The van der Waals surface area contributed by atoms with Crippen LogP contribution in [0.5, 0.6) is 5.75 Å². The number of nitrogens with two attached hydrogens (primary N) is 1. The zero-order valence-electron chi connectivity index (χ0n) is 17.9. The molecule has 2 aromatic carbocycles. The molecule has 0 aliphatic carbocycles. The van der Waals surface area contributed by atoms with Crippen LogP contribution in [0.2, 0.25) is 0 Å². The van der Waals surface area contributed by atoms with Crippen molar-refractivity contribution in [3.05, 3.63) is 77.7 Å². The molecule has 2 heterocycles. The minimum atomic E-state index is 0.0634. The summed E-state index contributed by atoms with van der Waals surface area (Å²) in [4.78, 5) is 9.52. The van der Waals surface area contributed by atoms with Gasteiger partial charge >= 0.3 is 0 Å². The third-order valence-corrected chi connectivity index (χ3v) is 5.50. The van der Waals surface area contributed by atoms with Crippen molar-refractivity contribution >= 4 is 17.0 Å². The number of hydrogen-bond acceptors (Lipinski definition) is 4. The van der Waals surface area contributed by atoms with E-state index in [9.17, 15) is 0 Å². The average molecular weight is 414 g/mol. The van der Waals surface area contributed by atoms with E-state index in [-0.39, 0.29) is 5.84 Å². The fourth-order valence-corrected chi connectivity index (χ4v) is 3.94. The van der Waals surface area contributed by atoms with Gasteiger partial charge in [-0.2, -0.15) is 0 Å². The molecule has 0 aliphatic rings. The van der Waals surface area contributed by atoms with E-state index in [2.05, 4.69) is 28.6 Å². The van der Waals surface area contributed by atoms with Crippen LogP contribution in [0.25, 0.3) is 22.3 Å². The summed E-state index contributed by atoms with van der Waals surface area (Å²) in [5, 5.41) is 7.99. The van der Waals surface area contributed by atoms with Gasteiger partial charge in [-0.1, -0.05) is 61.9 Å². The average Bonchev–Trinajstić information content (AvgIpc) is 3.15. The maximum absolute atomic E-state index is 7.99. The lowest BCUT2D eigenvalue weighted by molar-refractivity contribution is 0.418. The summed E-state index contributed by atoms with van der Waals surface area (Å²) >= 11 is 0. The quantitative estimate of drug-likeness (QED) is 0.321. The maximum Gasteiger partial charge on any atom is 0.164 e. The molecule has 158 valence electrons. The van der Waals surface area contributed by atoms with Crippen LogP contribution in [0.4, 0.5) is 0 Å². The van der Waals surface area contributed by atoms with Crippen LogP contribution in [0.3, 0.4) is 0 Å². The molecule has 6 nitrogen and oxygen atoms in total. The number of fused-ring (bicyclic) bond motifs is 1. The van der Waals surface area contributed by atoms with Crippen molar-refractivity contribution in [1.29, 1.82) is 5.41 Å². The van der Waals surface area contributed by atoms with Crippen LogP contribution in [0.1, 0.15) is 36.7 Å². The summed E-state index contributed by atoms with van der Waals surface area (Å²) < 4.78 is 7.72. The number of amidine groups is 1. The van der Waals surface area contributed by atoms with Crippen molar-refractivity contribution in [2.24, 2.45) is 5.73 Å². The van der Waals surface area contributed by atoms with Crippen LogP contribution >= 0.6 is 0 Å². The number of imidazole rings is 1. The number of aromatic nitrogens is 3. The predicted molar refractivity (Wildman–Crippen MR) is 125 cm³/mol. The van der Waals surface area contributed by atoms with Gasteiger partial charge in [0.25, 0.3) is 0 Å². The third kappa shape index (κ3) is 4.01. The Kier molecular flexibility index (Phi) is 5.98. The monoisotopic (exact) mass is 413 g/mol. The van der Waals surface area contributed by atoms with E-state index in [1.165, 1.54) is 0 Å². The molecular weight excluding hydrogens is 386 g/mol. The Morgan fingerprint density at radius 1 is 1.06 bits per heavy atom. The van der Waals surface area contributed by atoms with Crippen LogP contribution < -0.4 is 10.5 Å². The number of aryl methyl sites for hydroxylation is 1. The van der Waals surface area contributed by atoms with E-state index in [0.29, 0.717) is 6.54 Å². The second-order valence-corrected chi connectivity index (χ2v) is 7.52. The Morgan fingerprint density at radius 3 is 2.55 bits per heavy atom. The van der Waals surface area contributed by atoms with E-state index in [0.717, 1.165) is 64.3 Å². The number of nitrogen functional groups attached to an aromatic ring is 1. The highest BCUT2D eigenvalue weighted by atomic mass is 16.5. The van der Waals surface area contributed by atoms with Crippen LogP contribution in [0.15, 0.2) is 60.8 Å². The number of benzene rings is 2. The molecule has 3 N–H and O–H groups in total. The molecule has 0 atom stereocenters. The maximum atomic E-state index is 7.99. The molecule has 0 fully saturated rings. The first-order valence-corrected chi connectivity index (χ1v) is 10.5. The number of nitrogens with zero attached hydrogens (tertiary/aromatic N) is 3. The Hall–Kier alpha value is -3.67. The SMILES string of the molecule is CCCCc1nc2c(OC)ccnc2n1Cc1ccccc1-c1ccccc1C(=N)N. The fourth-order valence-electron chi connectivity index (χ4n) is 3.94. The van der Waals surface area contributed by atoms with Crippen molar-refractivity contribution in [2.75, 3.05) is 7.11 Å². The number of methoxy groups -OCH3 is 1. The molecule has 0 amide bonds. The molecule has 6 heteroatoms. The van der Waals surface area contributed by atoms with Gasteiger partial charge in [-0.25, -0.2) is 9.97 Å². The third-order valence-electron chi connectivity index (χ3n) is 5.50. The summed E-state index contributed by atoms with van der Waals surface area (Å²) in [6.07, 6.45) is 4.79. The largest absolute Gasteiger partial charge is 0.494 e. The number of unbranched alkanes of at least 4 members (excludes halogenated alkanes) is 1. The normalized spacial score (nSPS) is 11.0. The summed E-state index contributed by atoms with van der Waals surface area (Å²) in [5.41, 5.74) is 11.3. The first kappa shape index (κ1) is 20.6. The minimum absolute atomic E-state index is 0.0634. The highest BCUT2D eigenvalue weighted by molar-refractivity contribution is 6.01. The molecule has 0 spiro atoms. The first-order chi connectivity index (χ1) is 15.1. The molecule has 0 aliphatic heterocycles. The molecule has 0 saturated heterocycles. The lowest BCUT2D eigenvalue weighted by atomic mass is 9.95. The van der Waals surface area contributed by atoms with Crippen molar-refractivity contribution in [2.45, 2.75) is 32.7 Å². The van der Waals surface area contributed by atoms with Crippen LogP contribution in [-0.2, 0) is 13.0 Å². The minimum Gasteiger partial charge on any atom is -0.494 e. The summed E-state index contributed by atoms with van der Waals surface area (Å²) in [7, 11) is 1.66. The number of nitrogens with one attached hydrogen (secondary N) is 1. The van der Waals surface area contributed by atoms with E-state index < -0.39 is 0 Å². The zero-order chi connectivity index (χ0) is 21.8. The van der Waals surface area contributed by atoms with Gasteiger partial charge in [0, 0.05) is 24.2 Å². The molecule has 31 heavy (non-hydrogen) atoms. The van der Waals surface area contributed by atoms with Crippen LogP contribution in [0, 0.1) is 5.41 Å². The molecule has 0 saturated carbocycles. The van der Waals surface area contributed by atoms with Gasteiger partial charge in [0.15, 0.2) is 5.65 Å². The highest BCUT2D eigenvalue weighted by Crippen LogP contribution is 2.30. The fraction of sp³-hybridized carbons (Fsp3) is 0.240. The molecular formula is C25H27N5O. The Labute approximate surface area is 182 Å². The Morgan fingerprint density at radius 2 is 1.81 bits per heavy atom. The Balaban J connectivity index is 1.85. The Bertz CT molecular complexity index is 1230. The van der Waals surface area contributed by atoms with E-state index >= 15 is 0 Å². The summed E-state index contributed by atoms with van der Waals surface area (Å²) in [6, 6.07) is 17.9. The molecule has 0 radical (unpaired) electrons. The van der Waals surface area contributed by atoms with Gasteiger partial charge in [0.2, 0.25) is 0 Å². The van der Waals surface area contributed by atoms with Gasteiger partial charge in [0.1, 0.15) is 22.9 Å². The zero-order valence-corrected chi connectivity index (χ0v) is 17.9. The topological polar surface area (TPSA) is 89.8 Å². The number of ether oxygens (including phenoxy) is 1. The molecule has 4 aromatic rings. The highest BCUT2D eigenvalue weighted by Gasteiger charge is 2.18. The van der Waals surface area contributed by atoms with Crippen molar-refractivity contribution in [1.82, 2.24) is 14.5 Å². The van der Waals surface area contributed by atoms with Gasteiger partial charge in [-0.3, -0.25) is 5.41 Å². The number of pyridine rings is 1. The van der Waals surface area contributed by atoms with Gasteiger partial charge < -0.3 is 15.0 Å². The lowest BCUT2D eigenvalue weighted by Crippen LogP contribution is -2.13. The molecule has 0 unspecified atom stereocenters. The smallest absolute Gasteiger partial charge is 0.164 e. The van der Waals surface area contributed by atoms with Crippen molar-refractivity contribution < 1.29 is 4.74 Å². The van der Waals surface area contributed by atoms with Crippen molar-refractivity contribution in [3.8, 4) is 16.9 Å². The lowest BCUT2D eigenvalue weighted by Gasteiger charge is -2.15. The first-order valence-electron chi connectivity index (χ1n) is 10.5. The number of rotatable bonds is 8. The second-order valence-electron chi connectivity index (χ2n) is 7.52. The van der Waals surface area contributed by atoms with Gasteiger partial charge in [-0.15, -0.1) is 0 Å². The second kappa shape index (κ2) is 9.00. The molecule has 4 rings (SSSR count). The number of hydrogen-bond donors (Lipinski definition) is 2. The summed E-state index contributed by atoms with van der Waals surface area (Å²) in [5.74, 6) is 1.80. The van der Waals surface area contributed by atoms with Crippen molar-refractivity contribution in [3.63, 3.8) is 0 Å². The van der Waals surface area contributed by atoms with Gasteiger partial charge in [0.05, 0.1) is 13.7 Å². The summed E-state index contributed by atoms with van der Waals surface area (Å²) in [6.45, 7) is 2.80. The standard InChI is InChI=1S/C25H27N5O/c1-3-4-13-22-29-23-21(31-2)14-15-28-25(23)30(22)16-17-9-5-6-10-18(17)19-11-7-8-12-20(19)24(26)27/h5-12,14-15H,3-4,13,16H2,1-2H3,(H3,26,27).